The van der Waals surface area contributed by atoms with Gasteiger partial charge in [-0.2, -0.15) is 20.5 Å². The molecule has 0 saturated heterocycles. The van der Waals surface area contributed by atoms with Gasteiger partial charge in [0.1, 0.15) is 0 Å². The minimum absolute atomic E-state index is 0.133. The maximum absolute atomic E-state index is 14.3. The Balaban J connectivity index is 1.59. The minimum atomic E-state index is -4.87. The van der Waals surface area contributed by atoms with Crippen molar-refractivity contribution >= 4 is 92.4 Å². The number of aromatic nitrogens is 5. The molecular formula is C22H19Cl2N7O4S4. The highest BCUT2D eigenvalue weighted by molar-refractivity contribution is 8.10. The maximum atomic E-state index is 14.3. The summed E-state index contributed by atoms with van der Waals surface area (Å²) >= 11 is 14.9. The highest BCUT2D eigenvalue weighted by Crippen LogP contribution is 2.38. The summed E-state index contributed by atoms with van der Waals surface area (Å²) < 4.78 is 60.0. The van der Waals surface area contributed by atoms with Crippen LogP contribution in [0.2, 0.25) is 10.3 Å². The van der Waals surface area contributed by atoms with Crippen molar-refractivity contribution in [2.24, 2.45) is 0 Å². The number of aromatic amines is 1. The molecule has 0 radical (unpaired) electrons. The number of sulfonamides is 2. The van der Waals surface area contributed by atoms with E-state index in [9.17, 15) is 16.8 Å². The highest BCUT2D eigenvalue weighted by Gasteiger charge is 2.43. The third-order valence-corrected chi connectivity index (χ3v) is 12.6. The highest BCUT2D eigenvalue weighted by atomic mass is 35.5. The lowest BCUT2D eigenvalue weighted by atomic mass is 10.1. The van der Waals surface area contributed by atoms with E-state index in [1.54, 1.807) is 16.8 Å². The van der Waals surface area contributed by atoms with Crippen LogP contribution in [0.4, 0.5) is 5.69 Å². The fraction of sp³-hybridized carbons (Fsp3) is 0.182. The number of anilines is 1. The van der Waals surface area contributed by atoms with Gasteiger partial charge in [0, 0.05) is 46.8 Å². The van der Waals surface area contributed by atoms with Gasteiger partial charge in [0.2, 0.25) is 10.1 Å². The monoisotopic (exact) mass is 643 g/mol. The zero-order valence-corrected chi connectivity index (χ0v) is 25.0. The fourth-order valence-corrected chi connectivity index (χ4v) is 10.8. The van der Waals surface area contributed by atoms with Gasteiger partial charge >= 0.3 is 0 Å². The number of hydrogen-bond acceptors (Lipinski definition) is 9. The molecule has 6 aromatic rings. The molecule has 0 unspecified atom stereocenters. The number of rotatable bonds is 8. The normalized spacial score (nSPS) is 12.9. The summed E-state index contributed by atoms with van der Waals surface area (Å²) in [6.45, 7) is 0.802. The summed E-state index contributed by atoms with van der Waals surface area (Å²) in [6.07, 6.45) is 5.50. The van der Waals surface area contributed by atoms with E-state index in [0.29, 0.717) is 19.1 Å². The minimum Gasteiger partial charge on any atom is -0.361 e. The van der Waals surface area contributed by atoms with Crippen molar-refractivity contribution in [2.45, 2.75) is 16.5 Å². The van der Waals surface area contributed by atoms with Crippen LogP contribution < -0.4 is 3.71 Å². The van der Waals surface area contributed by atoms with Crippen molar-refractivity contribution in [1.29, 1.82) is 0 Å². The summed E-state index contributed by atoms with van der Waals surface area (Å²) in [7, 11) is -5.80. The van der Waals surface area contributed by atoms with E-state index < -0.39 is 30.1 Å². The molecule has 0 fully saturated rings. The Morgan fingerprint density at radius 3 is 2.03 bits per heavy atom. The second-order valence-corrected chi connectivity index (χ2v) is 14.9. The number of hydrogen-bond donors (Lipinski definition) is 1. The Hall–Kier alpha value is -2.66. The molecule has 0 spiro atoms. The Bertz CT molecular complexity index is 1980. The molecule has 1 N–H and O–H groups in total. The molecule has 0 bridgehead atoms. The molecule has 5 aromatic heterocycles. The van der Waals surface area contributed by atoms with Crippen molar-refractivity contribution < 1.29 is 16.8 Å². The van der Waals surface area contributed by atoms with E-state index in [4.69, 9.17) is 23.2 Å². The molecule has 6 rings (SSSR count). The number of nitrogens with zero attached hydrogens (tertiary/aromatic N) is 6. The lowest BCUT2D eigenvalue weighted by molar-refractivity contribution is 0.414. The Morgan fingerprint density at radius 1 is 0.923 bits per heavy atom. The Kier molecular flexibility index (Phi) is 6.45. The van der Waals surface area contributed by atoms with Gasteiger partial charge in [-0.25, -0.2) is 9.97 Å². The van der Waals surface area contributed by atoms with Gasteiger partial charge in [0.05, 0.1) is 5.69 Å². The van der Waals surface area contributed by atoms with E-state index in [0.717, 1.165) is 46.6 Å². The van der Waals surface area contributed by atoms with E-state index in [-0.39, 0.29) is 16.0 Å². The Morgan fingerprint density at radius 2 is 1.49 bits per heavy atom. The zero-order chi connectivity index (χ0) is 27.7. The van der Waals surface area contributed by atoms with Crippen LogP contribution in [0.1, 0.15) is 5.56 Å². The third kappa shape index (κ3) is 4.23. The van der Waals surface area contributed by atoms with Crippen molar-refractivity contribution in [3.63, 3.8) is 0 Å². The number of fused-ring (bicyclic) bond motifs is 3. The second-order valence-electron chi connectivity index (χ2n) is 8.83. The average Bonchev–Trinajstić information content (AvgIpc) is 3.64. The van der Waals surface area contributed by atoms with Crippen LogP contribution in [0.3, 0.4) is 0 Å². The number of likely N-dealkylation sites (N-methyl/N-ethyl adjacent to an activating group) is 1. The zero-order valence-electron chi connectivity index (χ0n) is 20.2. The molecule has 39 heavy (non-hydrogen) atoms. The summed E-state index contributed by atoms with van der Waals surface area (Å²) in [6, 6.07) is 4.62. The molecular weight excluding hydrogens is 625 g/mol. The molecule has 0 aliphatic heterocycles. The first kappa shape index (κ1) is 26.6. The summed E-state index contributed by atoms with van der Waals surface area (Å²) in [5.41, 5.74) is 1.45. The van der Waals surface area contributed by atoms with Crippen LogP contribution in [0, 0.1) is 0 Å². The largest absolute Gasteiger partial charge is 0.361 e. The van der Waals surface area contributed by atoms with Gasteiger partial charge < -0.3 is 9.88 Å². The van der Waals surface area contributed by atoms with Gasteiger partial charge in [-0.15, -0.1) is 22.7 Å². The number of benzene rings is 1. The van der Waals surface area contributed by atoms with Crippen molar-refractivity contribution in [3.8, 4) is 0 Å². The van der Waals surface area contributed by atoms with Crippen LogP contribution in [0.15, 0.2) is 57.6 Å². The van der Waals surface area contributed by atoms with Gasteiger partial charge in [-0.05, 0) is 38.2 Å². The van der Waals surface area contributed by atoms with Crippen molar-refractivity contribution in [2.75, 3.05) is 24.4 Å². The number of halogens is 2. The third-order valence-electron chi connectivity index (χ3n) is 6.07. The number of nitrogens with one attached hydrogen (secondary N) is 1. The van der Waals surface area contributed by atoms with E-state index in [1.165, 1.54) is 33.3 Å². The predicted octanol–water partition coefficient (Wildman–Crippen LogP) is 4.58. The molecule has 0 atom stereocenters. The topological polar surface area (TPSA) is 125 Å². The Labute approximate surface area is 241 Å². The molecule has 11 nitrogen and oxygen atoms in total. The van der Waals surface area contributed by atoms with Crippen LogP contribution in [-0.4, -0.2) is 66.1 Å². The molecule has 0 amide bonds. The van der Waals surface area contributed by atoms with Crippen molar-refractivity contribution in [3.05, 3.63) is 63.4 Å². The first-order valence-corrected chi connectivity index (χ1v) is 16.7. The molecule has 0 aliphatic carbocycles. The molecule has 1 aromatic carbocycles. The smallest absolute Gasteiger partial charge is 0.296 e. The predicted molar refractivity (Wildman–Crippen MR) is 154 cm³/mol. The van der Waals surface area contributed by atoms with Gasteiger partial charge in [-0.1, -0.05) is 29.3 Å². The summed E-state index contributed by atoms with van der Waals surface area (Å²) in [5.74, 6) is 0. The molecule has 0 aliphatic rings. The van der Waals surface area contributed by atoms with Crippen LogP contribution in [0.5, 0.6) is 0 Å². The SMILES string of the molecule is CN(C)CCc1c[nH]c2cc(N(S(=O)(=O)c3c(Cl)nc4sccn34)S(=O)(=O)c3c(Cl)nc4sccn34)ccc12. The van der Waals surface area contributed by atoms with Crippen LogP contribution >= 0.6 is 45.9 Å². The molecule has 5 heterocycles. The average molecular weight is 645 g/mol. The standard InChI is InChI=1S/C22H19Cl2N7O4S4/c1-28(2)6-5-13-12-25-16-11-14(3-4-15(13)16)31(38(32,33)19-17(23)26-21-29(19)7-9-36-21)39(34,35)20-18(24)27-22-30(20)8-10-37-22/h3-4,7-12,25H,5-6H2,1-2H3. The fourth-order valence-electron chi connectivity index (χ4n) is 4.34. The first-order chi connectivity index (χ1) is 18.5. The van der Waals surface area contributed by atoms with E-state index in [1.807, 2.05) is 20.3 Å². The maximum Gasteiger partial charge on any atom is 0.296 e. The lowest BCUT2D eigenvalue weighted by Crippen LogP contribution is -2.38. The number of imidazole rings is 2. The molecule has 204 valence electrons. The van der Waals surface area contributed by atoms with Gasteiger partial charge in [0.25, 0.3) is 20.0 Å². The van der Waals surface area contributed by atoms with Crippen LogP contribution in [-0.2, 0) is 26.5 Å². The van der Waals surface area contributed by atoms with E-state index >= 15 is 0 Å². The van der Waals surface area contributed by atoms with Crippen molar-refractivity contribution in [1.82, 2.24) is 28.7 Å². The number of H-pyrrole nitrogens is 1. The summed E-state index contributed by atoms with van der Waals surface area (Å²) in [5, 5.41) is 2.43. The number of thiazole rings is 2. The summed E-state index contributed by atoms with van der Waals surface area (Å²) in [4.78, 5) is 14.0. The van der Waals surface area contributed by atoms with E-state index in [2.05, 4.69) is 19.9 Å². The molecule has 0 saturated carbocycles. The molecule has 17 heteroatoms. The first-order valence-electron chi connectivity index (χ1n) is 11.3. The van der Waals surface area contributed by atoms with Crippen LogP contribution in [0.25, 0.3) is 20.8 Å². The lowest BCUT2D eigenvalue weighted by Gasteiger charge is -2.23. The second kappa shape index (κ2) is 9.47. The quantitative estimate of drug-likeness (QED) is 0.257. The van der Waals surface area contributed by atoms with Gasteiger partial charge in [0.15, 0.2) is 20.2 Å². The van der Waals surface area contributed by atoms with Gasteiger partial charge in [-0.3, -0.25) is 8.80 Å².